The highest BCUT2D eigenvalue weighted by atomic mass is 19.1. The van der Waals surface area contributed by atoms with Crippen LogP contribution in [0.25, 0.3) is 10.9 Å². The molecule has 5 aromatic rings. The fourth-order valence-electron chi connectivity index (χ4n) is 5.51. The standard InChI is InChI=1S/C30H29F2N7O/c1-19-7-8-20(2)27-23(19)17-24(30(40)33-27)28(29-34-35-36-39(29)18-21-9-11-22(31)12-10-21)38-15-13-37(14-16-38)26-6-4-3-5-25(26)32/h3-12,17,28H,13-16,18H2,1-2H3,(H,33,40). The van der Waals surface area contributed by atoms with Crippen LogP contribution in [0, 0.1) is 25.5 Å². The molecule has 3 aromatic carbocycles. The van der Waals surface area contributed by atoms with Crippen molar-refractivity contribution in [1.29, 1.82) is 0 Å². The number of nitrogens with one attached hydrogen (secondary N) is 1. The van der Waals surface area contributed by atoms with E-state index < -0.39 is 6.04 Å². The van der Waals surface area contributed by atoms with E-state index in [0.29, 0.717) is 49.8 Å². The van der Waals surface area contributed by atoms with Gasteiger partial charge in [0.05, 0.1) is 17.7 Å². The second-order valence-electron chi connectivity index (χ2n) is 10.2. The van der Waals surface area contributed by atoms with Gasteiger partial charge in [-0.25, -0.2) is 13.5 Å². The Labute approximate surface area is 229 Å². The number of nitrogens with zero attached hydrogens (tertiary/aromatic N) is 6. The Balaban J connectivity index is 1.41. The van der Waals surface area contributed by atoms with Gasteiger partial charge < -0.3 is 9.88 Å². The molecular weight excluding hydrogens is 512 g/mol. The molecule has 1 saturated heterocycles. The molecule has 0 aliphatic carbocycles. The molecule has 1 fully saturated rings. The first-order chi connectivity index (χ1) is 19.4. The van der Waals surface area contributed by atoms with Gasteiger partial charge >= 0.3 is 0 Å². The van der Waals surface area contributed by atoms with E-state index >= 15 is 0 Å². The number of hydrogen-bond acceptors (Lipinski definition) is 6. The molecule has 3 heterocycles. The van der Waals surface area contributed by atoms with Gasteiger partial charge in [0.15, 0.2) is 5.82 Å². The van der Waals surface area contributed by atoms with Gasteiger partial charge in [-0.1, -0.05) is 36.4 Å². The monoisotopic (exact) mass is 541 g/mol. The van der Waals surface area contributed by atoms with Crippen molar-refractivity contribution in [3.8, 4) is 0 Å². The molecule has 0 bridgehead atoms. The zero-order chi connectivity index (χ0) is 27.8. The minimum absolute atomic E-state index is 0.209. The first-order valence-electron chi connectivity index (χ1n) is 13.3. The van der Waals surface area contributed by atoms with Crippen LogP contribution in [-0.2, 0) is 6.54 Å². The summed E-state index contributed by atoms with van der Waals surface area (Å²) >= 11 is 0. The van der Waals surface area contributed by atoms with E-state index in [1.165, 1.54) is 18.2 Å². The van der Waals surface area contributed by atoms with Crippen molar-refractivity contribution in [3.63, 3.8) is 0 Å². The zero-order valence-corrected chi connectivity index (χ0v) is 22.3. The van der Waals surface area contributed by atoms with Crippen LogP contribution in [0.5, 0.6) is 0 Å². The summed E-state index contributed by atoms with van der Waals surface area (Å²) in [7, 11) is 0. The maximum absolute atomic E-state index is 14.5. The lowest BCUT2D eigenvalue weighted by Crippen LogP contribution is -2.49. The summed E-state index contributed by atoms with van der Waals surface area (Å²) in [4.78, 5) is 20.9. The fourth-order valence-corrected chi connectivity index (χ4v) is 5.51. The quantitative estimate of drug-likeness (QED) is 0.344. The van der Waals surface area contributed by atoms with Crippen LogP contribution in [0.3, 0.4) is 0 Å². The van der Waals surface area contributed by atoms with Crippen LogP contribution in [0.4, 0.5) is 14.5 Å². The van der Waals surface area contributed by atoms with Crippen molar-refractivity contribution in [3.05, 3.63) is 117 Å². The summed E-state index contributed by atoms with van der Waals surface area (Å²) in [5.41, 5.74) is 4.57. The Morgan fingerprint density at radius 3 is 2.40 bits per heavy atom. The number of hydrogen-bond donors (Lipinski definition) is 1. The van der Waals surface area contributed by atoms with E-state index in [1.807, 2.05) is 43.0 Å². The highest BCUT2D eigenvalue weighted by Gasteiger charge is 2.33. The van der Waals surface area contributed by atoms with Crippen LogP contribution in [0.15, 0.2) is 71.5 Å². The van der Waals surface area contributed by atoms with Crippen LogP contribution in [-0.4, -0.2) is 56.3 Å². The summed E-state index contributed by atoms with van der Waals surface area (Å²) in [6, 6.07) is 18.4. The number of fused-ring (bicyclic) bond motifs is 1. The summed E-state index contributed by atoms with van der Waals surface area (Å²) in [6.45, 7) is 6.57. The van der Waals surface area contributed by atoms with Gasteiger partial charge in [-0.3, -0.25) is 9.69 Å². The van der Waals surface area contributed by atoms with Crippen molar-refractivity contribution in [2.24, 2.45) is 0 Å². The van der Waals surface area contributed by atoms with Crippen LogP contribution >= 0.6 is 0 Å². The molecule has 0 amide bonds. The van der Waals surface area contributed by atoms with E-state index in [9.17, 15) is 13.6 Å². The number of benzene rings is 3. The van der Waals surface area contributed by atoms with Crippen LogP contribution < -0.4 is 10.5 Å². The number of aromatic nitrogens is 5. The molecule has 1 N–H and O–H groups in total. The fraction of sp³-hybridized carbons (Fsp3) is 0.267. The average Bonchev–Trinajstić information content (AvgIpc) is 3.41. The number of para-hydroxylation sites is 1. The van der Waals surface area contributed by atoms with Crippen molar-refractivity contribution in [2.75, 3.05) is 31.1 Å². The number of piperazine rings is 1. The predicted octanol–water partition coefficient (Wildman–Crippen LogP) is 4.37. The highest BCUT2D eigenvalue weighted by molar-refractivity contribution is 5.85. The third-order valence-electron chi connectivity index (χ3n) is 7.69. The lowest BCUT2D eigenvalue weighted by Gasteiger charge is -2.39. The molecule has 1 aliphatic heterocycles. The highest BCUT2D eigenvalue weighted by Crippen LogP contribution is 2.31. The molecule has 1 unspecified atom stereocenters. The summed E-state index contributed by atoms with van der Waals surface area (Å²) < 4.78 is 29.7. The number of aromatic amines is 1. The summed E-state index contributed by atoms with van der Waals surface area (Å²) in [5.74, 6) is -0.0639. The Kier molecular flexibility index (Phi) is 6.85. The van der Waals surface area contributed by atoms with Gasteiger partial charge in [-0.05, 0) is 71.3 Å². The van der Waals surface area contributed by atoms with Crippen LogP contribution in [0.2, 0.25) is 0 Å². The second-order valence-corrected chi connectivity index (χ2v) is 10.2. The summed E-state index contributed by atoms with van der Waals surface area (Å²) in [5, 5.41) is 13.6. The lowest BCUT2D eigenvalue weighted by molar-refractivity contribution is 0.200. The maximum Gasteiger partial charge on any atom is 0.253 e. The second kappa shape index (κ2) is 10.6. The van der Waals surface area contributed by atoms with E-state index in [2.05, 4.69) is 25.4 Å². The molecule has 6 rings (SSSR count). The Bertz CT molecular complexity index is 1720. The number of halogens is 2. The van der Waals surface area contributed by atoms with Gasteiger partial charge in [-0.2, -0.15) is 0 Å². The summed E-state index contributed by atoms with van der Waals surface area (Å²) in [6.07, 6.45) is 0. The van der Waals surface area contributed by atoms with Gasteiger partial charge in [-0.15, -0.1) is 5.10 Å². The number of pyridine rings is 1. The Morgan fingerprint density at radius 1 is 0.925 bits per heavy atom. The average molecular weight is 542 g/mol. The van der Waals surface area contributed by atoms with E-state index in [-0.39, 0.29) is 17.2 Å². The molecular formula is C30H29F2N7O. The van der Waals surface area contributed by atoms with E-state index in [1.54, 1.807) is 28.9 Å². The zero-order valence-electron chi connectivity index (χ0n) is 22.3. The third kappa shape index (κ3) is 4.86. The Morgan fingerprint density at radius 2 is 1.65 bits per heavy atom. The Hall–Kier alpha value is -4.44. The van der Waals surface area contributed by atoms with E-state index in [0.717, 1.165) is 27.6 Å². The van der Waals surface area contributed by atoms with Gasteiger partial charge in [0.1, 0.15) is 17.7 Å². The number of tetrazole rings is 1. The first kappa shape index (κ1) is 25.8. The number of rotatable bonds is 6. The molecule has 40 heavy (non-hydrogen) atoms. The lowest BCUT2D eigenvalue weighted by atomic mass is 9.99. The SMILES string of the molecule is Cc1ccc(C)c2[nH]c(=O)c(C(c3nnnn3Cc3ccc(F)cc3)N3CCN(c4ccccc4F)CC3)cc12. The molecule has 1 aliphatic rings. The smallest absolute Gasteiger partial charge is 0.253 e. The van der Waals surface area contributed by atoms with E-state index in [4.69, 9.17) is 0 Å². The minimum Gasteiger partial charge on any atom is -0.367 e. The number of anilines is 1. The normalized spacial score (nSPS) is 15.1. The molecule has 0 saturated carbocycles. The van der Waals surface area contributed by atoms with Crippen molar-refractivity contribution >= 4 is 16.6 Å². The molecule has 0 radical (unpaired) electrons. The molecule has 204 valence electrons. The van der Waals surface area contributed by atoms with Crippen molar-refractivity contribution in [2.45, 2.75) is 26.4 Å². The van der Waals surface area contributed by atoms with Crippen molar-refractivity contribution in [1.82, 2.24) is 30.1 Å². The van der Waals surface area contributed by atoms with Crippen molar-refractivity contribution < 1.29 is 8.78 Å². The molecule has 0 spiro atoms. The third-order valence-corrected chi connectivity index (χ3v) is 7.69. The molecule has 1 atom stereocenters. The molecule has 2 aromatic heterocycles. The largest absolute Gasteiger partial charge is 0.367 e. The van der Waals surface area contributed by atoms with Gasteiger partial charge in [0, 0.05) is 37.1 Å². The molecule has 8 nitrogen and oxygen atoms in total. The predicted molar refractivity (Wildman–Crippen MR) is 149 cm³/mol. The van der Waals surface area contributed by atoms with Gasteiger partial charge in [0.25, 0.3) is 5.56 Å². The topological polar surface area (TPSA) is 82.9 Å². The number of H-pyrrole nitrogens is 1. The molecule has 10 heteroatoms. The first-order valence-corrected chi connectivity index (χ1v) is 13.3. The van der Waals surface area contributed by atoms with Gasteiger partial charge in [0.2, 0.25) is 0 Å². The minimum atomic E-state index is -0.550. The maximum atomic E-state index is 14.5. The number of aryl methyl sites for hydroxylation is 2. The van der Waals surface area contributed by atoms with Crippen LogP contribution in [0.1, 0.15) is 34.1 Å².